The van der Waals surface area contributed by atoms with Crippen molar-refractivity contribution in [1.82, 2.24) is 9.21 Å². The zero-order chi connectivity index (χ0) is 13.6. The number of hydrogen-bond donors (Lipinski definition) is 0. The first-order valence-corrected chi connectivity index (χ1v) is 8.66. The fourth-order valence-electron chi connectivity index (χ4n) is 3.09. The fraction of sp³-hybridized carbons (Fsp3) is 0.917. The molecule has 19 heavy (non-hydrogen) atoms. The number of sulfonamides is 1. The van der Waals surface area contributed by atoms with Crippen molar-refractivity contribution in [3.05, 3.63) is 0 Å². The summed E-state index contributed by atoms with van der Waals surface area (Å²) in [7, 11) is -3.21. The Morgan fingerprint density at radius 2 is 2.05 bits per heavy atom. The molecule has 0 spiro atoms. The summed E-state index contributed by atoms with van der Waals surface area (Å²) < 4.78 is 30.2. The molecule has 2 saturated heterocycles. The molecule has 0 radical (unpaired) electrons. The van der Waals surface area contributed by atoms with E-state index in [9.17, 15) is 13.2 Å². The van der Waals surface area contributed by atoms with Crippen LogP contribution in [0.15, 0.2) is 0 Å². The van der Waals surface area contributed by atoms with Crippen LogP contribution in [0.3, 0.4) is 0 Å². The van der Waals surface area contributed by atoms with E-state index in [1.165, 1.54) is 29.8 Å². The molecule has 3 aliphatic rings. The highest BCUT2D eigenvalue weighted by molar-refractivity contribution is 7.88. The molecule has 2 aliphatic heterocycles. The number of amides is 1. The van der Waals surface area contributed by atoms with Crippen molar-refractivity contribution >= 4 is 15.9 Å². The van der Waals surface area contributed by atoms with Crippen molar-refractivity contribution in [3.63, 3.8) is 0 Å². The predicted octanol–water partition coefficient (Wildman–Crippen LogP) is -0.342. The summed E-state index contributed by atoms with van der Waals surface area (Å²) in [6.45, 7) is 1.60. The first-order valence-electron chi connectivity index (χ1n) is 6.81. The Balaban J connectivity index is 1.74. The van der Waals surface area contributed by atoms with Crippen LogP contribution < -0.4 is 0 Å². The third-order valence-electron chi connectivity index (χ3n) is 4.49. The highest BCUT2D eigenvalue weighted by Crippen LogP contribution is 2.31. The zero-order valence-corrected chi connectivity index (χ0v) is 11.9. The molecule has 6 nitrogen and oxygen atoms in total. The van der Waals surface area contributed by atoms with Gasteiger partial charge in [0.05, 0.1) is 18.4 Å². The van der Waals surface area contributed by atoms with E-state index in [4.69, 9.17) is 4.74 Å². The van der Waals surface area contributed by atoms with Crippen molar-refractivity contribution in [2.45, 2.75) is 31.4 Å². The zero-order valence-electron chi connectivity index (χ0n) is 11.1. The van der Waals surface area contributed by atoms with Crippen LogP contribution in [0, 0.1) is 5.92 Å². The van der Waals surface area contributed by atoms with Gasteiger partial charge in [-0.3, -0.25) is 4.79 Å². The van der Waals surface area contributed by atoms with Gasteiger partial charge in [0.25, 0.3) is 0 Å². The van der Waals surface area contributed by atoms with Crippen molar-refractivity contribution in [2.24, 2.45) is 5.92 Å². The lowest BCUT2D eigenvalue weighted by Gasteiger charge is -2.40. The maximum absolute atomic E-state index is 12.0. The molecule has 1 aliphatic carbocycles. The molecule has 2 unspecified atom stereocenters. The third-order valence-corrected chi connectivity index (χ3v) is 5.73. The fourth-order valence-corrected chi connectivity index (χ4v) is 3.94. The van der Waals surface area contributed by atoms with E-state index in [-0.39, 0.29) is 24.7 Å². The van der Waals surface area contributed by atoms with Crippen molar-refractivity contribution in [2.75, 3.05) is 32.5 Å². The Morgan fingerprint density at radius 3 is 2.63 bits per heavy atom. The number of nitrogens with zero attached hydrogens (tertiary/aromatic N) is 2. The lowest BCUT2D eigenvalue weighted by atomic mass is 9.84. The second kappa shape index (κ2) is 4.71. The van der Waals surface area contributed by atoms with E-state index in [0.717, 1.165) is 6.54 Å². The van der Waals surface area contributed by atoms with Gasteiger partial charge < -0.3 is 9.64 Å². The van der Waals surface area contributed by atoms with E-state index >= 15 is 0 Å². The van der Waals surface area contributed by atoms with Gasteiger partial charge in [-0.1, -0.05) is 6.42 Å². The summed E-state index contributed by atoms with van der Waals surface area (Å²) in [5.41, 5.74) is 0. The van der Waals surface area contributed by atoms with Gasteiger partial charge in [0.2, 0.25) is 15.9 Å². The quantitative estimate of drug-likeness (QED) is 0.712. The van der Waals surface area contributed by atoms with Gasteiger partial charge in [-0.15, -0.1) is 0 Å². The predicted molar refractivity (Wildman–Crippen MR) is 69.0 cm³/mol. The van der Waals surface area contributed by atoms with E-state index in [0.29, 0.717) is 19.0 Å². The second-order valence-corrected chi connectivity index (χ2v) is 7.82. The summed E-state index contributed by atoms with van der Waals surface area (Å²) in [5, 5.41) is 0. The van der Waals surface area contributed by atoms with E-state index < -0.39 is 10.0 Å². The maximum atomic E-state index is 12.0. The van der Waals surface area contributed by atoms with Crippen LogP contribution in [0.2, 0.25) is 0 Å². The number of carbonyl (C=O) groups excluding carboxylic acids is 1. The molecular weight excluding hydrogens is 268 g/mol. The summed E-state index contributed by atoms with van der Waals surface area (Å²) in [5.74, 6) is 0.596. The van der Waals surface area contributed by atoms with Gasteiger partial charge >= 0.3 is 0 Å². The lowest BCUT2D eigenvalue weighted by molar-refractivity contribution is -0.154. The monoisotopic (exact) mass is 288 g/mol. The summed E-state index contributed by atoms with van der Waals surface area (Å²) in [4.78, 5) is 13.9. The highest BCUT2D eigenvalue weighted by Gasteiger charge is 2.46. The average molecular weight is 288 g/mol. The van der Waals surface area contributed by atoms with Crippen LogP contribution in [-0.2, 0) is 19.6 Å². The van der Waals surface area contributed by atoms with Crippen LogP contribution in [0.25, 0.3) is 0 Å². The average Bonchev–Trinajstić information content (AvgIpc) is 2.69. The smallest absolute Gasteiger partial charge is 0.248 e. The van der Waals surface area contributed by atoms with E-state index in [2.05, 4.69) is 0 Å². The molecule has 0 aromatic carbocycles. The number of ether oxygens (including phenoxy) is 1. The summed E-state index contributed by atoms with van der Waals surface area (Å²) in [6.07, 6.45) is 4.65. The van der Waals surface area contributed by atoms with Crippen LogP contribution in [0.1, 0.15) is 19.3 Å². The topological polar surface area (TPSA) is 66.9 Å². The minimum atomic E-state index is -3.21. The number of carbonyl (C=O) groups is 1. The van der Waals surface area contributed by atoms with E-state index in [1.807, 2.05) is 4.90 Å². The third kappa shape index (κ3) is 2.51. The Labute approximate surface area is 113 Å². The molecule has 7 heteroatoms. The Morgan fingerprint density at radius 1 is 1.32 bits per heavy atom. The molecule has 108 valence electrons. The Kier molecular flexibility index (Phi) is 3.31. The maximum Gasteiger partial charge on any atom is 0.248 e. The second-order valence-electron chi connectivity index (χ2n) is 5.84. The molecule has 0 aromatic heterocycles. The van der Waals surface area contributed by atoms with Gasteiger partial charge in [-0.2, -0.15) is 4.31 Å². The van der Waals surface area contributed by atoms with Crippen molar-refractivity contribution < 1.29 is 17.9 Å². The SMILES string of the molecule is CS(=O)(=O)N1CC2OCC(=O)N(CC3CCC3)C2C1. The highest BCUT2D eigenvalue weighted by atomic mass is 32.2. The molecule has 1 amide bonds. The van der Waals surface area contributed by atoms with Crippen LogP contribution in [0.4, 0.5) is 0 Å². The largest absolute Gasteiger partial charge is 0.365 e. The number of hydrogen-bond acceptors (Lipinski definition) is 4. The van der Waals surface area contributed by atoms with Crippen LogP contribution in [0.5, 0.6) is 0 Å². The molecule has 0 aromatic rings. The normalized spacial score (nSPS) is 33.3. The van der Waals surface area contributed by atoms with Crippen molar-refractivity contribution in [1.29, 1.82) is 0 Å². The standard InChI is InChI=1S/C12H20N2O4S/c1-19(16,17)13-6-10-11(7-13)18-8-12(15)14(10)5-9-3-2-4-9/h9-11H,2-8H2,1H3. The van der Waals surface area contributed by atoms with Crippen molar-refractivity contribution in [3.8, 4) is 0 Å². The minimum Gasteiger partial charge on any atom is -0.365 e. The molecule has 0 bridgehead atoms. The van der Waals surface area contributed by atoms with Gasteiger partial charge in [0.1, 0.15) is 6.61 Å². The van der Waals surface area contributed by atoms with Gasteiger partial charge in [-0.05, 0) is 18.8 Å². The first kappa shape index (κ1) is 13.3. The lowest BCUT2D eigenvalue weighted by Crippen LogP contribution is -2.55. The summed E-state index contributed by atoms with van der Waals surface area (Å²) >= 11 is 0. The molecule has 3 fully saturated rings. The van der Waals surface area contributed by atoms with Gasteiger partial charge in [0.15, 0.2) is 0 Å². The van der Waals surface area contributed by atoms with Crippen LogP contribution >= 0.6 is 0 Å². The molecule has 2 atom stereocenters. The Hall–Kier alpha value is -0.660. The molecular formula is C12H20N2O4S. The first-order chi connectivity index (χ1) is 8.95. The number of fused-ring (bicyclic) bond motifs is 1. The molecule has 1 saturated carbocycles. The summed E-state index contributed by atoms with van der Waals surface area (Å²) in [6, 6.07) is -0.100. The minimum absolute atomic E-state index is 0.00324. The van der Waals surface area contributed by atoms with Crippen LogP contribution in [-0.4, -0.2) is 68.2 Å². The number of morpholine rings is 1. The van der Waals surface area contributed by atoms with E-state index in [1.54, 1.807) is 0 Å². The molecule has 2 heterocycles. The van der Waals surface area contributed by atoms with Gasteiger partial charge in [0, 0.05) is 19.6 Å². The Bertz CT molecular complexity index is 474. The van der Waals surface area contributed by atoms with Gasteiger partial charge in [-0.25, -0.2) is 8.42 Å². The molecule has 3 rings (SSSR count). The molecule has 0 N–H and O–H groups in total. The number of rotatable bonds is 3.